The molecule has 0 aliphatic rings. The SMILES string of the molecule is COC(=O)c1cccc(N/C=C(/C#N)C(=O)Nc2c(C)cc(C)cc2C)c1. The number of anilines is 2. The largest absolute Gasteiger partial charge is 0.465 e. The van der Waals surface area contributed by atoms with Crippen molar-refractivity contribution in [2.24, 2.45) is 0 Å². The topological polar surface area (TPSA) is 91.2 Å². The molecule has 0 aliphatic carbocycles. The molecule has 0 saturated carbocycles. The van der Waals surface area contributed by atoms with Crippen LogP contribution in [-0.2, 0) is 9.53 Å². The number of amides is 1. The van der Waals surface area contributed by atoms with Crippen LogP contribution < -0.4 is 10.6 Å². The number of esters is 1. The Morgan fingerprint density at radius 1 is 1.11 bits per heavy atom. The fourth-order valence-corrected chi connectivity index (χ4v) is 2.72. The highest BCUT2D eigenvalue weighted by Crippen LogP contribution is 2.22. The van der Waals surface area contributed by atoms with E-state index >= 15 is 0 Å². The lowest BCUT2D eigenvalue weighted by Crippen LogP contribution is -2.16. The van der Waals surface area contributed by atoms with Crippen molar-refractivity contribution in [1.82, 2.24) is 0 Å². The lowest BCUT2D eigenvalue weighted by molar-refractivity contribution is -0.112. The zero-order valence-electron chi connectivity index (χ0n) is 15.7. The van der Waals surface area contributed by atoms with Crippen LogP contribution in [-0.4, -0.2) is 19.0 Å². The van der Waals surface area contributed by atoms with Gasteiger partial charge in [0.25, 0.3) is 5.91 Å². The summed E-state index contributed by atoms with van der Waals surface area (Å²) >= 11 is 0. The van der Waals surface area contributed by atoms with Gasteiger partial charge in [-0.15, -0.1) is 0 Å². The molecule has 0 unspecified atom stereocenters. The van der Waals surface area contributed by atoms with Gasteiger partial charge in [-0.3, -0.25) is 4.79 Å². The molecule has 0 heterocycles. The van der Waals surface area contributed by atoms with E-state index in [0.717, 1.165) is 16.7 Å². The number of hydrogen-bond donors (Lipinski definition) is 2. The lowest BCUT2D eigenvalue weighted by Gasteiger charge is -2.12. The predicted octanol–water partition coefficient (Wildman–Crippen LogP) is 3.86. The molecular weight excluding hydrogens is 342 g/mol. The second kappa shape index (κ2) is 8.68. The van der Waals surface area contributed by atoms with Gasteiger partial charge in [0.2, 0.25) is 0 Å². The number of benzene rings is 2. The molecule has 27 heavy (non-hydrogen) atoms. The highest BCUT2D eigenvalue weighted by atomic mass is 16.5. The van der Waals surface area contributed by atoms with Crippen LogP contribution in [0, 0.1) is 32.1 Å². The number of ether oxygens (including phenoxy) is 1. The summed E-state index contributed by atoms with van der Waals surface area (Å²) in [4.78, 5) is 24.0. The molecule has 6 heteroatoms. The summed E-state index contributed by atoms with van der Waals surface area (Å²) in [7, 11) is 1.30. The van der Waals surface area contributed by atoms with Gasteiger partial charge in [-0.2, -0.15) is 5.26 Å². The number of nitrogens with zero attached hydrogens (tertiary/aromatic N) is 1. The van der Waals surface area contributed by atoms with E-state index in [4.69, 9.17) is 0 Å². The van der Waals surface area contributed by atoms with Gasteiger partial charge in [0.1, 0.15) is 11.6 Å². The van der Waals surface area contributed by atoms with Crippen molar-refractivity contribution in [3.05, 3.63) is 70.4 Å². The monoisotopic (exact) mass is 363 g/mol. The molecule has 6 nitrogen and oxygen atoms in total. The Balaban J connectivity index is 2.18. The Kier molecular flexibility index (Phi) is 6.34. The fourth-order valence-electron chi connectivity index (χ4n) is 2.72. The van der Waals surface area contributed by atoms with Gasteiger partial charge in [-0.25, -0.2) is 4.79 Å². The molecule has 2 aromatic rings. The highest BCUT2D eigenvalue weighted by molar-refractivity contribution is 6.07. The minimum Gasteiger partial charge on any atom is -0.465 e. The predicted molar refractivity (Wildman–Crippen MR) is 104 cm³/mol. The van der Waals surface area contributed by atoms with E-state index < -0.39 is 11.9 Å². The Hall–Kier alpha value is -3.59. The molecule has 0 atom stereocenters. The molecule has 1 amide bonds. The molecule has 0 spiro atoms. The summed E-state index contributed by atoms with van der Waals surface area (Å²) in [6.45, 7) is 5.79. The first-order valence-electron chi connectivity index (χ1n) is 8.30. The molecule has 0 saturated heterocycles. The van der Waals surface area contributed by atoms with Crippen molar-refractivity contribution in [3.8, 4) is 6.07 Å². The van der Waals surface area contributed by atoms with Crippen LogP contribution >= 0.6 is 0 Å². The van der Waals surface area contributed by atoms with Crippen molar-refractivity contribution in [2.75, 3.05) is 17.7 Å². The van der Waals surface area contributed by atoms with Gasteiger partial charge in [-0.05, 0) is 50.1 Å². The Morgan fingerprint density at radius 3 is 2.37 bits per heavy atom. The van der Waals surface area contributed by atoms with Crippen molar-refractivity contribution in [2.45, 2.75) is 20.8 Å². The van der Waals surface area contributed by atoms with E-state index in [9.17, 15) is 14.9 Å². The fraction of sp³-hybridized carbons (Fsp3) is 0.190. The van der Waals surface area contributed by atoms with Gasteiger partial charge < -0.3 is 15.4 Å². The van der Waals surface area contributed by atoms with Gasteiger partial charge in [0.05, 0.1) is 12.7 Å². The number of methoxy groups -OCH3 is 1. The number of rotatable bonds is 5. The van der Waals surface area contributed by atoms with E-state index in [1.807, 2.05) is 39.0 Å². The molecule has 0 fully saturated rings. The molecule has 138 valence electrons. The van der Waals surface area contributed by atoms with Gasteiger partial charge >= 0.3 is 5.97 Å². The standard InChI is InChI=1S/C21H21N3O3/c1-13-8-14(2)19(15(3)9-13)24-20(25)17(11-22)12-23-18-7-5-6-16(10-18)21(26)27-4/h5-10,12,23H,1-4H3,(H,24,25)/b17-12-. The number of nitrogens with one attached hydrogen (secondary N) is 2. The second-order valence-corrected chi connectivity index (χ2v) is 6.11. The van der Waals surface area contributed by atoms with Crippen LogP contribution in [0.3, 0.4) is 0 Å². The van der Waals surface area contributed by atoms with Crippen LogP contribution in [0.5, 0.6) is 0 Å². The number of aryl methyl sites for hydroxylation is 3. The number of carbonyl (C=O) groups excluding carboxylic acids is 2. The van der Waals surface area contributed by atoms with Crippen LogP contribution in [0.2, 0.25) is 0 Å². The Bertz CT molecular complexity index is 932. The molecule has 0 bridgehead atoms. The molecule has 2 rings (SSSR count). The van der Waals surface area contributed by atoms with Crippen LogP contribution in [0.15, 0.2) is 48.2 Å². The third-order valence-electron chi connectivity index (χ3n) is 3.95. The number of nitriles is 1. The third kappa shape index (κ3) is 4.95. The van der Waals surface area contributed by atoms with E-state index in [1.54, 1.807) is 24.3 Å². The van der Waals surface area contributed by atoms with Gasteiger partial charge in [0.15, 0.2) is 0 Å². The van der Waals surface area contributed by atoms with Crippen molar-refractivity contribution in [3.63, 3.8) is 0 Å². The van der Waals surface area contributed by atoms with E-state index in [1.165, 1.54) is 13.3 Å². The molecule has 0 radical (unpaired) electrons. The smallest absolute Gasteiger partial charge is 0.337 e. The zero-order valence-corrected chi connectivity index (χ0v) is 15.7. The molecular formula is C21H21N3O3. The zero-order chi connectivity index (χ0) is 20.0. The van der Waals surface area contributed by atoms with Gasteiger partial charge in [-0.1, -0.05) is 23.8 Å². The quantitative estimate of drug-likeness (QED) is 0.478. The average Bonchev–Trinajstić information content (AvgIpc) is 2.64. The van der Waals surface area contributed by atoms with Crippen LogP contribution in [0.25, 0.3) is 0 Å². The van der Waals surface area contributed by atoms with Crippen LogP contribution in [0.1, 0.15) is 27.0 Å². The van der Waals surface area contributed by atoms with Crippen molar-refractivity contribution >= 4 is 23.3 Å². The first kappa shape index (κ1) is 19.7. The maximum Gasteiger partial charge on any atom is 0.337 e. The Labute approximate surface area is 158 Å². The van der Waals surface area contributed by atoms with Crippen molar-refractivity contribution in [1.29, 1.82) is 5.26 Å². The third-order valence-corrected chi connectivity index (χ3v) is 3.95. The minimum atomic E-state index is -0.510. The summed E-state index contributed by atoms with van der Waals surface area (Å²) in [5.41, 5.74) is 4.49. The van der Waals surface area contributed by atoms with Crippen LogP contribution in [0.4, 0.5) is 11.4 Å². The minimum absolute atomic E-state index is 0.0853. The second-order valence-electron chi connectivity index (χ2n) is 6.11. The van der Waals surface area contributed by atoms with E-state index in [2.05, 4.69) is 15.4 Å². The summed E-state index contributed by atoms with van der Waals surface area (Å²) in [6.07, 6.45) is 1.31. The summed E-state index contributed by atoms with van der Waals surface area (Å²) in [5.74, 6) is -0.977. The first-order valence-corrected chi connectivity index (χ1v) is 8.30. The lowest BCUT2D eigenvalue weighted by atomic mass is 10.0. The average molecular weight is 363 g/mol. The van der Waals surface area contributed by atoms with E-state index in [0.29, 0.717) is 16.9 Å². The Morgan fingerprint density at radius 2 is 1.78 bits per heavy atom. The first-order chi connectivity index (χ1) is 12.8. The summed E-state index contributed by atoms with van der Waals surface area (Å²) in [5, 5.41) is 15.0. The number of carbonyl (C=O) groups is 2. The summed E-state index contributed by atoms with van der Waals surface area (Å²) < 4.78 is 4.67. The molecule has 0 aromatic heterocycles. The molecule has 0 aliphatic heterocycles. The van der Waals surface area contributed by atoms with E-state index in [-0.39, 0.29) is 5.57 Å². The number of hydrogen-bond acceptors (Lipinski definition) is 5. The normalized spacial score (nSPS) is 10.7. The maximum atomic E-state index is 12.5. The maximum absolute atomic E-state index is 12.5. The molecule has 2 N–H and O–H groups in total. The molecule has 2 aromatic carbocycles. The summed E-state index contributed by atoms with van der Waals surface area (Å²) in [6, 6.07) is 12.4. The van der Waals surface area contributed by atoms with Crippen molar-refractivity contribution < 1.29 is 14.3 Å². The van der Waals surface area contributed by atoms with Gasteiger partial charge in [0, 0.05) is 17.6 Å². The highest BCUT2D eigenvalue weighted by Gasteiger charge is 2.13.